The minimum absolute atomic E-state index is 0.120. The molecule has 0 radical (unpaired) electrons. The van der Waals surface area contributed by atoms with E-state index in [1.54, 1.807) is 13.1 Å². The lowest BCUT2D eigenvalue weighted by atomic mass is 10.1. The van der Waals surface area contributed by atoms with E-state index >= 15 is 0 Å². The summed E-state index contributed by atoms with van der Waals surface area (Å²) in [7, 11) is 0. The molecule has 0 aliphatic heterocycles. The van der Waals surface area contributed by atoms with Crippen molar-refractivity contribution in [1.82, 2.24) is 9.97 Å². The lowest BCUT2D eigenvalue weighted by molar-refractivity contribution is -0.114. The number of carbonyl (C=O) groups excluding carboxylic acids is 2. The number of ether oxygens (including phenoxy) is 1. The van der Waals surface area contributed by atoms with Gasteiger partial charge in [-0.2, -0.15) is 0 Å². The molecule has 7 heteroatoms. The van der Waals surface area contributed by atoms with E-state index in [9.17, 15) is 9.59 Å². The quantitative estimate of drug-likeness (QED) is 0.675. The number of aromatic amines is 1. The highest BCUT2D eigenvalue weighted by Gasteiger charge is 2.08. The van der Waals surface area contributed by atoms with Gasteiger partial charge in [0.2, 0.25) is 5.91 Å². The van der Waals surface area contributed by atoms with Gasteiger partial charge < -0.3 is 15.0 Å². The summed E-state index contributed by atoms with van der Waals surface area (Å²) in [6.45, 7) is 3.52. The zero-order valence-corrected chi connectivity index (χ0v) is 13.9. The van der Waals surface area contributed by atoms with Crippen molar-refractivity contribution in [2.75, 3.05) is 17.2 Å². The molecule has 0 aliphatic rings. The average molecular weight is 338 g/mol. The molecule has 0 saturated carbocycles. The van der Waals surface area contributed by atoms with Crippen LogP contribution in [-0.2, 0) is 9.53 Å². The molecule has 0 fully saturated rings. The monoisotopic (exact) mass is 338 g/mol. The highest BCUT2D eigenvalue weighted by molar-refractivity contribution is 5.92. The number of amides is 2. The topological polar surface area (TPSA) is 96.1 Å². The zero-order chi connectivity index (χ0) is 17.8. The third-order valence-electron chi connectivity index (χ3n) is 3.49. The fourth-order valence-corrected chi connectivity index (χ4v) is 2.49. The van der Waals surface area contributed by atoms with Crippen molar-refractivity contribution in [2.24, 2.45) is 0 Å². The molecule has 0 bridgehead atoms. The van der Waals surface area contributed by atoms with Crippen LogP contribution in [0.4, 0.5) is 16.2 Å². The molecule has 2 amide bonds. The third kappa shape index (κ3) is 3.95. The summed E-state index contributed by atoms with van der Waals surface area (Å²) in [4.78, 5) is 30.2. The molecule has 0 saturated heterocycles. The Morgan fingerprint density at radius 2 is 2.00 bits per heavy atom. The summed E-state index contributed by atoms with van der Waals surface area (Å²) in [6.07, 6.45) is 1.05. The van der Waals surface area contributed by atoms with Gasteiger partial charge in [0.05, 0.1) is 18.5 Å². The Labute approximate surface area is 144 Å². The van der Waals surface area contributed by atoms with Gasteiger partial charge in [0.15, 0.2) is 0 Å². The summed E-state index contributed by atoms with van der Waals surface area (Å²) in [5.41, 5.74) is 3.77. The number of hydrogen-bond acceptors (Lipinski definition) is 4. The Hall–Kier alpha value is -3.35. The fourth-order valence-electron chi connectivity index (χ4n) is 2.49. The van der Waals surface area contributed by atoms with Gasteiger partial charge in [0.25, 0.3) is 0 Å². The lowest BCUT2D eigenvalue weighted by Gasteiger charge is -2.04. The van der Waals surface area contributed by atoms with E-state index in [0.717, 1.165) is 22.3 Å². The number of aromatic nitrogens is 2. The largest absolute Gasteiger partial charge is 0.450 e. The maximum atomic E-state index is 11.5. The van der Waals surface area contributed by atoms with Crippen LogP contribution in [0.25, 0.3) is 22.3 Å². The summed E-state index contributed by atoms with van der Waals surface area (Å²) in [6, 6.07) is 11.3. The fraction of sp³-hybridized carbons (Fsp3) is 0.167. The SMILES string of the molecule is CCOC(=O)Nc1cnc2[nH]c(-c3cccc(NC(C)=O)c3)cc2c1. The second-order valence-electron chi connectivity index (χ2n) is 5.45. The van der Waals surface area contributed by atoms with Crippen molar-refractivity contribution in [3.63, 3.8) is 0 Å². The molecule has 0 spiro atoms. The molecular formula is C18H18N4O3. The maximum absolute atomic E-state index is 11.5. The molecule has 0 aliphatic carbocycles. The number of rotatable bonds is 4. The van der Waals surface area contributed by atoms with Crippen molar-refractivity contribution in [3.05, 3.63) is 42.6 Å². The maximum Gasteiger partial charge on any atom is 0.411 e. The number of carbonyl (C=O) groups is 2. The van der Waals surface area contributed by atoms with Crippen molar-refractivity contribution in [2.45, 2.75) is 13.8 Å². The molecular weight excluding hydrogens is 320 g/mol. The predicted octanol–water partition coefficient (Wildman–Crippen LogP) is 3.76. The van der Waals surface area contributed by atoms with Crippen LogP contribution in [0.1, 0.15) is 13.8 Å². The molecule has 0 unspecified atom stereocenters. The number of hydrogen-bond donors (Lipinski definition) is 3. The number of benzene rings is 1. The third-order valence-corrected chi connectivity index (χ3v) is 3.49. The minimum atomic E-state index is -0.512. The van der Waals surface area contributed by atoms with Crippen molar-refractivity contribution < 1.29 is 14.3 Å². The predicted molar refractivity (Wildman–Crippen MR) is 96.5 cm³/mol. The van der Waals surface area contributed by atoms with Gasteiger partial charge in [-0.25, -0.2) is 9.78 Å². The van der Waals surface area contributed by atoms with Crippen LogP contribution in [0, 0.1) is 0 Å². The van der Waals surface area contributed by atoms with E-state index in [-0.39, 0.29) is 5.91 Å². The zero-order valence-electron chi connectivity index (χ0n) is 13.9. The Kier molecular flexibility index (Phi) is 4.65. The molecule has 7 nitrogen and oxygen atoms in total. The number of nitrogens with zero attached hydrogens (tertiary/aromatic N) is 1. The Balaban J connectivity index is 1.88. The van der Waals surface area contributed by atoms with E-state index in [2.05, 4.69) is 20.6 Å². The molecule has 3 rings (SSSR count). The summed E-state index contributed by atoms with van der Waals surface area (Å²) in [5, 5.41) is 6.25. The van der Waals surface area contributed by atoms with Gasteiger partial charge in [-0.1, -0.05) is 12.1 Å². The van der Waals surface area contributed by atoms with Crippen LogP contribution >= 0.6 is 0 Å². The van der Waals surface area contributed by atoms with Gasteiger partial charge in [0.1, 0.15) is 5.65 Å². The second-order valence-corrected chi connectivity index (χ2v) is 5.45. The van der Waals surface area contributed by atoms with Crippen molar-refractivity contribution in [3.8, 4) is 11.3 Å². The second kappa shape index (κ2) is 7.04. The average Bonchev–Trinajstić information content (AvgIpc) is 2.98. The number of H-pyrrole nitrogens is 1. The smallest absolute Gasteiger partial charge is 0.411 e. The number of pyridine rings is 1. The molecule has 2 aromatic heterocycles. The van der Waals surface area contributed by atoms with Gasteiger partial charge in [-0.05, 0) is 31.2 Å². The van der Waals surface area contributed by atoms with Crippen LogP contribution in [0.15, 0.2) is 42.6 Å². The van der Waals surface area contributed by atoms with Crippen molar-refractivity contribution in [1.29, 1.82) is 0 Å². The van der Waals surface area contributed by atoms with Gasteiger partial charge in [-0.3, -0.25) is 10.1 Å². The summed E-state index contributed by atoms with van der Waals surface area (Å²) >= 11 is 0. The Morgan fingerprint density at radius 3 is 2.76 bits per heavy atom. The van der Waals surface area contributed by atoms with E-state index in [1.807, 2.05) is 36.4 Å². The normalized spacial score (nSPS) is 10.5. The van der Waals surface area contributed by atoms with Crippen LogP contribution in [0.3, 0.4) is 0 Å². The molecule has 3 aromatic rings. The van der Waals surface area contributed by atoms with E-state index < -0.39 is 6.09 Å². The standard InChI is InChI=1S/C18H18N4O3/c1-3-25-18(24)21-15-8-13-9-16(22-17(13)19-10-15)12-5-4-6-14(7-12)20-11(2)23/h4-10H,3H2,1-2H3,(H,19,22)(H,20,23)(H,21,24). The molecule has 1 aromatic carbocycles. The highest BCUT2D eigenvalue weighted by Crippen LogP contribution is 2.26. The molecule has 3 N–H and O–H groups in total. The molecule has 128 valence electrons. The van der Waals surface area contributed by atoms with E-state index in [0.29, 0.717) is 17.9 Å². The summed E-state index contributed by atoms with van der Waals surface area (Å²) < 4.78 is 4.86. The van der Waals surface area contributed by atoms with Crippen LogP contribution in [0.2, 0.25) is 0 Å². The number of fused-ring (bicyclic) bond motifs is 1. The van der Waals surface area contributed by atoms with Crippen LogP contribution in [0.5, 0.6) is 0 Å². The first-order chi connectivity index (χ1) is 12.0. The number of nitrogens with one attached hydrogen (secondary N) is 3. The van der Waals surface area contributed by atoms with Gasteiger partial charge in [0, 0.05) is 29.3 Å². The van der Waals surface area contributed by atoms with E-state index in [4.69, 9.17) is 4.74 Å². The molecule has 0 atom stereocenters. The van der Waals surface area contributed by atoms with Gasteiger partial charge in [-0.15, -0.1) is 0 Å². The lowest BCUT2D eigenvalue weighted by Crippen LogP contribution is -2.13. The van der Waals surface area contributed by atoms with E-state index in [1.165, 1.54) is 6.92 Å². The van der Waals surface area contributed by atoms with Crippen LogP contribution in [-0.4, -0.2) is 28.6 Å². The van der Waals surface area contributed by atoms with Crippen LogP contribution < -0.4 is 10.6 Å². The molecule has 25 heavy (non-hydrogen) atoms. The minimum Gasteiger partial charge on any atom is -0.450 e. The van der Waals surface area contributed by atoms with Crippen molar-refractivity contribution >= 4 is 34.4 Å². The Morgan fingerprint density at radius 1 is 1.16 bits per heavy atom. The van der Waals surface area contributed by atoms with Gasteiger partial charge >= 0.3 is 6.09 Å². The first-order valence-electron chi connectivity index (χ1n) is 7.85. The highest BCUT2D eigenvalue weighted by atomic mass is 16.5. The summed E-state index contributed by atoms with van der Waals surface area (Å²) in [5.74, 6) is -0.120. The number of anilines is 2. The first kappa shape index (κ1) is 16.5. The Bertz CT molecular complexity index is 933. The first-order valence-corrected chi connectivity index (χ1v) is 7.85. The molecule has 2 heterocycles.